The van der Waals surface area contributed by atoms with Crippen molar-refractivity contribution in [3.8, 4) is 0 Å². The van der Waals surface area contributed by atoms with Gasteiger partial charge in [0, 0.05) is 24.6 Å². The Labute approximate surface area is 159 Å². The van der Waals surface area contributed by atoms with Crippen LogP contribution < -0.4 is 10.6 Å². The molecule has 25 heavy (non-hydrogen) atoms. The zero-order valence-electron chi connectivity index (χ0n) is 15.3. The quantitative estimate of drug-likeness (QED) is 0.409. The van der Waals surface area contributed by atoms with Crippen molar-refractivity contribution < 1.29 is 4.39 Å². The Morgan fingerprint density at radius 3 is 2.68 bits per heavy atom. The van der Waals surface area contributed by atoms with Gasteiger partial charge in [0.1, 0.15) is 5.82 Å². The van der Waals surface area contributed by atoms with Gasteiger partial charge in [-0.2, -0.15) is 0 Å². The molecular weight excluding hydrogens is 383 g/mol. The number of hydrogen-bond acceptors (Lipinski definition) is 2. The first kappa shape index (κ1) is 20.2. The monoisotopic (exact) mass is 412 g/mol. The Bertz CT molecular complexity index is 556. The summed E-state index contributed by atoms with van der Waals surface area (Å²) >= 11 is 3.28. The molecule has 0 unspecified atom stereocenters. The van der Waals surface area contributed by atoms with Crippen LogP contribution in [0.5, 0.6) is 0 Å². The van der Waals surface area contributed by atoms with E-state index in [2.05, 4.69) is 43.5 Å². The molecule has 2 rings (SSSR count). The summed E-state index contributed by atoms with van der Waals surface area (Å²) in [5.74, 6) is 1.52. The highest BCUT2D eigenvalue weighted by Gasteiger charge is 2.16. The molecule has 1 saturated heterocycles. The van der Waals surface area contributed by atoms with Gasteiger partial charge in [-0.05, 0) is 75.9 Å². The van der Waals surface area contributed by atoms with Gasteiger partial charge in [0.05, 0.1) is 0 Å². The Hall–Kier alpha value is -1.14. The van der Waals surface area contributed by atoms with Crippen LogP contribution in [-0.2, 0) is 6.42 Å². The number of aliphatic imine (C=N–C) groups is 1. The lowest BCUT2D eigenvalue weighted by Gasteiger charge is -2.29. The summed E-state index contributed by atoms with van der Waals surface area (Å²) in [5.41, 5.74) is 0.759. The maximum atomic E-state index is 13.8. The van der Waals surface area contributed by atoms with Crippen molar-refractivity contribution in [3.63, 3.8) is 0 Å². The normalized spacial score (nSPS) is 16.9. The molecule has 0 spiro atoms. The van der Waals surface area contributed by atoms with Crippen LogP contribution in [0.15, 0.2) is 27.7 Å². The average Bonchev–Trinajstić information content (AvgIpc) is 2.60. The lowest BCUT2D eigenvalue weighted by Crippen LogP contribution is -2.39. The molecule has 1 fully saturated rings. The number of likely N-dealkylation sites (tertiary alicyclic amines) is 1. The van der Waals surface area contributed by atoms with E-state index in [-0.39, 0.29) is 5.82 Å². The second-order valence-electron chi connectivity index (χ2n) is 6.80. The lowest BCUT2D eigenvalue weighted by atomic mass is 9.94. The molecule has 2 N–H and O–H groups in total. The fourth-order valence-electron chi connectivity index (χ4n) is 3.18. The highest BCUT2D eigenvalue weighted by molar-refractivity contribution is 9.10. The lowest BCUT2D eigenvalue weighted by molar-refractivity contribution is 0.213. The van der Waals surface area contributed by atoms with Gasteiger partial charge in [0.15, 0.2) is 5.96 Å². The van der Waals surface area contributed by atoms with Gasteiger partial charge >= 0.3 is 0 Å². The van der Waals surface area contributed by atoms with E-state index in [4.69, 9.17) is 0 Å². The predicted molar refractivity (Wildman–Crippen MR) is 107 cm³/mol. The third kappa shape index (κ3) is 7.32. The molecule has 0 aromatic heterocycles. The Morgan fingerprint density at radius 2 is 2.00 bits per heavy atom. The standard InChI is InChI=1S/C19H30BrFN4/c1-22-19(24-11-7-15-8-12-25(2)13-9-15)23-10-3-4-16-5-6-17(20)14-18(16)21/h5-6,14-15H,3-4,7-13H2,1-2H3,(H2,22,23,24). The third-order valence-corrected chi connectivity index (χ3v) is 5.33. The molecular formula is C19H30BrFN4. The fraction of sp³-hybridized carbons (Fsp3) is 0.632. The van der Waals surface area contributed by atoms with Crippen molar-refractivity contribution in [2.75, 3.05) is 40.3 Å². The Morgan fingerprint density at radius 1 is 1.28 bits per heavy atom. The molecule has 6 heteroatoms. The van der Waals surface area contributed by atoms with Crippen LogP contribution in [0.3, 0.4) is 0 Å². The van der Waals surface area contributed by atoms with Crippen LogP contribution in [0.25, 0.3) is 0 Å². The predicted octanol–water partition coefficient (Wildman–Crippen LogP) is 3.42. The molecule has 0 aliphatic carbocycles. The van der Waals surface area contributed by atoms with Gasteiger partial charge < -0.3 is 15.5 Å². The van der Waals surface area contributed by atoms with Gasteiger partial charge in [-0.15, -0.1) is 0 Å². The first-order chi connectivity index (χ1) is 12.1. The van der Waals surface area contributed by atoms with Crippen molar-refractivity contribution in [3.05, 3.63) is 34.1 Å². The van der Waals surface area contributed by atoms with Crippen molar-refractivity contribution in [1.29, 1.82) is 0 Å². The molecule has 1 aliphatic rings. The van der Waals surface area contributed by atoms with Crippen molar-refractivity contribution in [2.45, 2.75) is 32.1 Å². The summed E-state index contributed by atoms with van der Waals surface area (Å²) in [6, 6.07) is 5.25. The largest absolute Gasteiger partial charge is 0.356 e. The minimum absolute atomic E-state index is 0.144. The molecule has 140 valence electrons. The van der Waals surface area contributed by atoms with Crippen LogP contribution in [0.4, 0.5) is 4.39 Å². The third-order valence-electron chi connectivity index (χ3n) is 4.84. The topological polar surface area (TPSA) is 39.7 Å². The molecule has 1 heterocycles. The number of aryl methyl sites for hydroxylation is 1. The molecule has 0 radical (unpaired) electrons. The van der Waals surface area contributed by atoms with E-state index in [0.717, 1.165) is 47.8 Å². The number of halogens is 2. The van der Waals surface area contributed by atoms with Crippen LogP contribution in [0.2, 0.25) is 0 Å². The first-order valence-electron chi connectivity index (χ1n) is 9.15. The molecule has 0 saturated carbocycles. The summed E-state index contributed by atoms with van der Waals surface area (Å²) in [6.07, 6.45) is 5.37. The molecule has 1 aromatic carbocycles. The van der Waals surface area contributed by atoms with E-state index in [1.807, 2.05) is 12.1 Å². The summed E-state index contributed by atoms with van der Waals surface area (Å²) in [5, 5.41) is 6.70. The van der Waals surface area contributed by atoms with E-state index in [1.165, 1.54) is 38.4 Å². The second-order valence-corrected chi connectivity index (χ2v) is 7.72. The summed E-state index contributed by atoms with van der Waals surface area (Å²) in [7, 11) is 3.99. The van der Waals surface area contributed by atoms with Crippen molar-refractivity contribution in [1.82, 2.24) is 15.5 Å². The minimum atomic E-state index is -0.144. The summed E-state index contributed by atoms with van der Waals surface area (Å²) in [4.78, 5) is 6.66. The number of nitrogens with zero attached hydrogens (tertiary/aromatic N) is 2. The second kappa shape index (κ2) is 10.8. The van der Waals surface area contributed by atoms with Gasteiger partial charge in [0.2, 0.25) is 0 Å². The highest BCUT2D eigenvalue weighted by atomic mass is 79.9. The van der Waals surface area contributed by atoms with Crippen LogP contribution in [0.1, 0.15) is 31.2 Å². The van der Waals surface area contributed by atoms with E-state index in [9.17, 15) is 4.39 Å². The summed E-state index contributed by atoms with van der Waals surface area (Å²) in [6.45, 7) is 4.16. The van der Waals surface area contributed by atoms with E-state index in [1.54, 1.807) is 7.05 Å². The van der Waals surface area contributed by atoms with Gasteiger partial charge in [-0.3, -0.25) is 4.99 Å². The molecule has 4 nitrogen and oxygen atoms in total. The van der Waals surface area contributed by atoms with Crippen LogP contribution in [0, 0.1) is 11.7 Å². The van der Waals surface area contributed by atoms with Gasteiger partial charge in [-0.25, -0.2) is 4.39 Å². The van der Waals surface area contributed by atoms with E-state index in [0.29, 0.717) is 0 Å². The SMILES string of the molecule is CN=C(NCCCc1ccc(Br)cc1F)NCCC1CCN(C)CC1. The Kier molecular flexibility index (Phi) is 8.68. The Balaban J connectivity index is 1.60. The zero-order valence-corrected chi connectivity index (χ0v) is 16.9. The summed E-state index contributed by atoms with van der Waals surface area (Å²) < 4.78 is 14.6. The average molecular weight is 413 g/mol. The molecule has 1 aliphatic heterocycles. The van der Waals surface area contributed by atoms with Crippen LogP contribution in [-0.4, -0.2) is 51.1 Å². The van der Waals surface area contributed by atoms with E-state index < -0.39 is 0 Å². The number of piperidine rings is 1. The van der Waals surface area contributed by atoms with Gasteiger partial charge in [0.25, 0.3) is 0 Å². The molecule has 0 amide bonds. The number of hydrogen-bond donors (Lipinski definition) is 2. The highest BCUT2D eigenvalue weighted by Crippen LogP contribution is 2.18. The van der Waals surface area contributed by atoms with Gasteiger partial charge in [-0.1, -0.05) is 22.0 Å². The molecule has 0 atom stereocenters. The first-order valence-corrected chi connectivity index (χ1v) is 9.94. The maximum Gasteiger partial charge on any atom is 0.190 e. The number of nitrogens with one attached hydrogen (secondary N) is 2. The number of benzene rings is 1. The molecule has 0 bridgehead atoms. The zero-order chi connectivity index (χ0) is 18.1. The van der Waals surface area contributed by atoms with Crippen molar-refractivity contribution in [2.24, 2.45) is 10.9 Å². The van der Waals surface area contributed by atoms with Crippen molar-refractivity contribution >= 4 is 21.9 Å². The number of guanidine groups is 1. The fourth-order valence-corrected chi connectivity index (χ4v) is 3.51. The maximum absolute atomic E-state index is 13.8. The smallest absolute Gasteiger partial charge is 0.190 e. The molecule has 1 aromatic rings. The minimum Gasteiger partial charge on any atom is -0.356 e. The number of rotatable bonds is 7. The van der Waals surface area contributed by atoms with Crippen LogP contribution >= 0.6 is 15.9 Å². The van der Waals surface area contributed by atoms with E-state index >= 15 is 0 Å².